The van der Waals surface area contributed by atoms with Crippen molar-refractivity contribution in [3.05, 3.63) is 122 Å². The van der Waals surface area contributed by atoms with E-state index in [4.69, 9.17) is 25.5 Å². The maximum atomic E-state index is 10.3. The van der Waals surface area contributed by atoms with E-state index in [0.717, 1.165) is 0 Å². The van der Waals surface area contributed by atoms with Gasteiger partial charge in [-0.25, -0.2) is 14.8 Å². The Hall–Kier alpha value is -6.39. The minimum Gasteiger partial charge on any atom is -0.361 e. The number of pyridine rings is 3. The summed E-state index contributed by atoms with van der Waals surface area (Å²) in [5.41, 5.74) is -5.78. The minimum absolute atomic E-state index is 0.344. The molecular weight excluding hydrogens is 450 g/mol. The molecule has 162 valence electrons. The lowest BCUT2D eigenvalue weighted by Crippen LogP contribution is -1.87. The van der Waals surface area contributed by atoms with E-state index in [2.05, 4.69) is 24.6 Å². The van der Waals surface area contributed by atoms with Crippen molar-refractivity contribution >= 4 is 22.7 Å². The average molecular weight is 468 g/mol. The van der Waals surface area contributed by atoms with Crippen molar-refractivity contribution in [3.8, 4) is 24.3 Å². The summed E-state index contributed by atoms with van der Waals surface area (Å²) in [5, 5.41) is 39.0. The molecule has 0 aromatic carbocycles. The molecule has 0 spiro atoms. The summed E-state index contributed by atoms with van der Waals surface area (Å²) in [6.07, 6.45) is -2.37. The monoisotopic (exact) mass is 468 g/mol. The molecule has 0 saturated heterocycles. The lowest BCUT2D eigenvalue weighted by atomic mass is 10.1. The standard InChI is InChI=1S/C27H9N9/c1-32-23-8-5-17(14-36-23)22(12-31)25-24(21(11-30)16-3-6-19(9-28)34-13-16)26(25)27(33-2)18-4-7-20(10-29)35-15-18/h3-8,13-15H/b24-21+,25-22-,27-26-/i3D,4D,5D,6D,7D,8D,13D,14D,15D. The highest BCUT2D eigenvalue weighted by molar-refractivity contribution is 6.11. The second-order valence-electron chi connectivity index (χ2n) is 6.46. The Morgan fingerprint density at radius 3 is 1.69 bits per heavy atom. The smallest absolute Gasteiger partial charge is 0.269 e. The number of aromatic nitrogens is 3. The zero-order valence-corrected chi connectivity index (χ0v) is 17.5. The van der Waals surface area contributed by atoms with Crippen LogP contribution in [0.2, 0.25) is 0 Å². The molecule has 1 saturated carbocycles. The molecule has 0 amide bonds. The molecule has 0 bridgehead atoms. The molecule has 9 heteroatoms. The lowest BCUT2D eigenvalue weighted by Gasteiger charge is -1.98. The van der Waals surface area contributed by atoms with E-state index in [1.54, 1.807) is 24.3 Å². The van der Waals surface area contributed by atoms with Crippen LogP contribution in [0.25, 0.3) is 26.5 Å². The summed E-state index contributed by atoms with van der Waals surface area (Å²) in [4.78, 5) is 17.3. The predicted octanol–water partition coefficient (Wildman–Crippen LogP) is 4.76. The van der Waals surface area contributed by atoms with Gasteiger partial charge in [-0.2, -0.15) is 21.0 Å². The Balaban J connectivity index is 2.30. The molecule has 4 rings (SSSR count). The molecule has 0 aliphatic heterocycles. The largest absolute Gasteiger partial charge is 0.361 e. The fourth-order valence-electron chi connectivity index (χ4n) is 3.00. The topological polar surface area (TPSA) is 143 Å². The van der Waals surface area contributed by atoms with Crippen LogP contribution in [-0.4, -0.2) is 15.0 Å². The lowest BCUT2D eigenvalue weighted by molar-refractivity contribution is 1.25. The Kier molecular flexibility index (Phi) is 3.74. The van der Waals surface area contributed by atoms with Crippen LogP contribution in [0.5, 0.6) is 0 Å². The van der Waals surface area contributed by atoms with Gasteiger partial charge in [-0.15, -0.1) is 4.98 Å². The van der Waals surface area contributed by atoms with Gasteiger partial charge in [0.05, 0.1) is 28.7 Å². The maximum absolute atomic E-state index is 10.3. The van der Waals surface area contributed by atoms with Gasteiger partial charge in [-0.1, -0.05) is 18.7 Å². The molecule has 0 radical (unpaired) electrons. The Morgan fingerprint density at radius 1 is 0.694 bits per heavy atom. The molecule has 0 unspecified atom stereocenters. The van der Waals surface area contributed by atoms with Gasteiger partial charge in [0.25, 0.3) is 5.82 Å². The van der Waals surface area contributed by atoms with Crippen molar-refractivity contribution in [1.82, 2.24) is 15.0 Å². The van der Waals surface area contributed by atoms with Crippen molar-refractivity contribution in [1.29, 1.82) is 21.0 Å². The van der Waals surface area contributed by atoms with E-state index in [9.17, 15) is 21.0 Å². The van der Waals surface area contributed by atoms with E-state index in [1.807, 2.05) is 0 Å². The highest BCUT2D eigenvalue weighted by Gasteiger charge is 2.41. The van der Waals surface area contributed by atoms with Crippen LogP contribution in [0.3, 0.4) is 0 Å². The van der Waals surface area contributed by atoms with Gasteiger partial charge < -0.3 is 4.85 Å². The maximum Gasteiger partial charge on any atom is 0.269 e. The van der Waals surface area contributed by atoms with Gasteiger partial charge in [-0.05, 0) is 46.5 Å². The first kappa shape index (κ1) is 14.0. The van der Waals surface area contributed by atoms with Gasteiger partial charge in [-0.3, -0.25) is 0 Å². The molecule has 0 N–H and O–H groups in total. The molecule has 36 heavy (non-hydrogen) atoms. The SMILES string of the molecule is [2H]c1nc(C#N)c([2H])c([2H])c1/C(C#N)=C1/C(=C(/[N+]#[C-])c2c([2H])nc(C#N)c([2H])c2[2H])/C1=C(/C#N)c1c([2H])nc([N+]#[C-])c([2H])c1[2H]. The Bertz CT molecular complexity index is 2010. The summed E-state index contributed by atoms with van der Waals surface area (Å²) in [6, 6.07) is 2.07. The van der Waals surface area contributed by atoms with Crippen molar-refractivity contribution < 1.29 is 12.3 Å². The third kappa shape index (κ3) is 4.03. The zero-order valence-electron chi connectivity index (χ0n) is 26.5. The Labute approximate surface area is 218 Å². The van der Waals surface area contributed by atoms with E-state index in [0.29, 0.717) is 0 Å². The third-order valence-electron chi connectivity index (χ3n) is 4.56. The van der Waals surface area contributed by atoms with E-state index >= 15 is 0 Å². The highest BCUT2D eigenvalue weighted by atomic mass is 14.8. The van der Waals surface area contributed by atoms with Crippen LogP contribution in [0.4, 0.5) is 5.82 Å². The molecule has 0 atom stereocenters. The summed E-state index contributed by atoms with van der Waals surface area (Å²) in [7, 11) is 0. The van der Waals surface area contributed by atoms with Crippen LogP contribution >= 0.6 is 0 Å². The molecule has 1 aliphatic rings. The fraction of sp³-hybridized carbons (Fsp3) is 0. The van der Waals surface area contributed by atoms with Gasteiger partial charge in [0.15, 0.2) is 0 Å². The molecule has 3 aromatic heterocycles. The normalized spacial score (nSPS) is 19.0. The van der Waals surface area contributed by atoms with E-state index < -0.39 is 106 Å². The zero-order chi connectivity index (χ0) is 33.5. The second kappa shape index (κ2) is 9.62. The summed E-state index contributed by atoms with van der Waals surface area (Å²) < 4.78 is 74.4. The molecule has 1 fully saturated rings. The highest BCUT2D eigenvalue weighted by Crippen LogP contribution is 2.56. The number of hydrogen-bond acceptors (Lipinski definition) is 7. The molecule has 1 aliphatic carbocycles. The first-order valence-electron chi connectivity index (χ1n) is 13.9. The summed E-state index contributed by atoms with van der Waals surface area (Å²) in [6.45, 7) is 15.0. The minimum atomic E-state index is -0.792. The molecular formula is C27H9N9. The van der Waals surface area contributed by atoms with E-state index in [-0.39, 0.29) is 16.7 Å². The molecule has 9 nitrogen and oxygen atoms in total. The van der Waals surface area contributed by atoms with Crippen molar-refractivity contribution in [2.45, 2.75) is 0 Å². The number of rotatable bonds is 3. The van der Waals surface area contributed by atoms with Crippen LogP contribution in [0.15, 0.2) is 71.5 Å². The number of nitriles is 4. The molecule has 3 aromatic rings. The summed E-state index contributed by atoms with van der Waals surface area (Å²) >= 11 is 0. The third-order valence-corrected chi connectivity index (χ3v) is 4.56. The molecule has 3 heterocycles. The van der Waals surface area contributed by atoms with Crippen LogP contribution in [0, 0.1) is 58.5 Å². The first-order valence-corrected chi connectivity index (χ1v) is 9.38. The van der Waals surface area contributed by atoms with Gasteiger partial charge in [0.2, 0.25) is 5.70 Å². The van der Waals surface area contributed by atoms with Gasteiger partial charge >= 0.3 is 0 Å². The second-order valence-corrected chi connectivity index (χ2v) is 6.46. The van der Waals surface area contributed by atoms with Crippen LogP contribution in [0.1, 0.15) is 40.4 Å². The van der Waals surface area contributed by atoms with E-state index in [1.165, 1.54) is 0 Å². The summed E-state index contributed by atoms with van der Waals surface area (Å²) in [5.74, 6) is -0.605. The number of nitrogens with zero attached hydrogens (tertiary/aromatic N) is 9. The predicted molar refractivity (Wildman–Crippen MR) is 127 cm³/mol. The average Bonchev–Trinajstić information content (AvgIpc) is 3.74. The number of allylic oxidation sites excluding steroid dienone is 5. The van der Waals surface area contributed by atoms with Crippen LogP contribution < -0.4 is 0 Å². The quantitative estimate of drug-likeness (QED) is 0.398. The van der Waals surface area contributed by atoms with Gasteiger partial charge in [0.1, 0.15) is 43.2 Å². The van der Waals surface area contributed by atoms with Crippen molar-refractivity contribution in [3.63, 3.8) is 0 Å². The van der Waals surface area contributed by atoms with Crippen LogP contribution in [-0.2, 0) is 0 Å². The van der Waals surface area contributed by atoms with Crippen molar-refractivity contribution in [2.24, 2.45) is 0 Å². The fourth-order valence-corrected chi connectivity index (χ4v) is 3.00. The first-order chi connectivity index (χ1) is 21.3. The van der Waals surface area contributed by atoms with Crippen molar-refractivity contribution in [2.75, 3.05) is 0 Å². The number of hydrogen-bond donors (Lipinski definition) is 0. The Morgan fingerprint density at radius 2 is 1.19 bits per heavy atom. The van der Waals surface area contributed by atoms with Gasteiger partial charge in [0, 0.05) is 23.5 Å².